The van der Waals surface area contributed by atoms with Crippen molar-refractivity contribution in [3.63, 3.8) is 0 Å². The monoisotopic (exact) mass is 549 g/mol. The van der Waals surface area contributed by atoms with Gasteiger partial charge >= 0.3 is 23.9 Å². The lowest BCUT2D eigenvalue weighted by Crippen LogP contribution is -2.43. The largest absolute Gasteiger partial charge is 0.480 e. The van der Waals surface area contributed by atoms with Crippen LogP contribution in [0.4, 0.5) is 0 Å². The summed E-state index contributed by atoms with van der Waals surface area (Å²) in [5.74, 6) is -2.16. The highest BCUT2D eigenvalue weighted by molar-refractivity contribution is 5.77. The Kier molecular flexibility index (Phi) is 16.1. The van der Waals surface area contributed by atoms with Gasteiger partial charge in [0.1, 0.15) is 12.1 Å². The average Bonchev–Trinajstić information content (AvgIpc) is 2.87. The van der Waals surface area contributed by atoms with Crippen LogP contribution in [0.3, 0.4) is 0 Å². The Morgan fingerprint density at radius 2 is 1.41 bits per heavy atom. The minimum atomic E-state index is -1.08. The number of aliphatic carboxylic acids is 1. The van der Waals surface area contributed by atoms with Crippen LogP contribution < -0.4 is 14.8 Å². The fourth-order valence-electron chi connectivity index (χ4n) is 3.64. The van der Waals surface area contributed by atoms with Gasteiger partial charge in [-0.05, 0) is 49.8 Å². The van der Waals surface area contributed by atoms with Gasteiger partial charge in [0.15, 0.2) is 11.5 Å². The normalized spacial score (nSPS) is 13.4. The minimum Gasteiger partial charge on any atom is -0.480 e. The standard InChI is InChI=1S/C30H47NO8/c1-7-9-11-13-27(32)38-25-16-15-23(18-26(25)39-28(33)14-12-10-8-2)17-24(29(34)35)31-19-21(5)37-30(36)22(6)20(3)4/h15-16,18,20-22,24,31H,7-14,17,19H2,1-6H3,(H,34,35)/t21?,22?,24-/m0/s1. The summed E-state index contributed by atoms with van der Waals surface area (Å²) in [4.78, 5) is 48.9. The number of rotatable bonds is 19. The van der Waals surface area contributed by atoms with Gasteiger partial charge in [-0.1, -0.05) is 66.4 Å². The molecule has 0 aliphatic heterocycles. The summed E-state index contributed by atoms with van der Waals surface area (Å²) in [5.41, 5.74) is 0.579. The summed E-state index contributed by atoms with van der Waals surface area (Å²) < 4.78 is 16.5. The number of unbranched alkanes of at least 4 members (excludes halogenated alkanes) is 4. The number of hydrogen-bond donors (Lipinski definition) is 2. The number of carbonyl (C=O) groups excluding carboxylic acids is 3. The summed E-state index contributed by atoms with van der Waals surface area (Å²) in [6.45, 7) is 11.6. The van der Waals surface area contributed by atoms with Crippen LogP contribution in [0.1, 0.15) is 98.5 Å². The molecule has 0 aromatic heterocycles. The highest BCUT2D eigenvalue weighted by atomic mass is 16.6. The second-order valence-corrected chi connectivity index (χ2v) is 10.4. The van der Waals surface area contributed by atoms with Crippen LogP contribution in [-0.2, 0) is 30.3 Å². The van der Waals surface area contributed by atoms with E-state index in [4.69, 9.17) is 14.2 Å². The van der Waals surface area contributed by atoms with Crippen LogP contribution in [0.5, 0.6) is 11.5 Å². The molecule has 9 nitrogen and oxygen atoms in total. The maximum absolute atomic E-state index is 12.4. The number of nitrogens with one attached hydrogen (secondary N) is 1. The molecule has 1 aromatic rings. The van der Waals surface area contributed by atoms with E-state index in [-0.39, 0.29) is 55.1 Å². The molecule has 39 heavy (non-hydrogen) atoms. The van der Waals surface area contributed by atoms with Gasteiger partial charge in [-0.15, -0.1) is 0 Å². The number of carbonyl (C=O) groups is 4. The second kappa shape index (κ2) is 18.4. The van der Waals surface area contributed by atoms with E-state index >= 15 is 0 Å². The quantitative estimate of drug-likeness (QED) is 0.131. The molecule has 3 atom stereocenters. The molecule has 0 bridgehead atoms. The molecule has 1 rings (SSSR count). The van der Waals surface area contributed by atoms with Gasteiger partial charge in [0.25, 0.3) is 0 Å². The Balaban J connectivity index is 2.96. The Morgan fingerprint density at radius 3 is 1.92 bits per heavy atom. The minimum absolute atomic E-state index is 0.0729. The molecule has 0 radical (unpaired) electrons. The van der Waals surface area contributed by atoms with Crippen LogP contribution >= 0.6 is 0 Å². The maximum Gasteiger partial charge on any atom is 0.321 e. The van der Waals surface area contributed by atoms with Crippen molar-refractivity contribution >= 4 is 23.9 Å². The lowest BCUT2D eigenvalue weighted by molar-refractivity contribution is -0.154. The van der Waals surface area contributed by atoms with Gasteiger partial charge in [-0.2, -0.15) is 0 Å². The molecule has 220 valence electrons. The highest BCUT2D eigenvalue weighted by Gasteiger charge is 2.24. The Bertz CT molecular complexity index is 930. The van der Waals surface area contributed by atoms with Crippen molar-refractivity contribution in [2.24, 2.45) is 11.8 Å². The molecule has 0 fully saturated rings. The van der Waals surface area contributed by atoms with Crippen LogP contribution in [0, 0.1) is 11.8 Å². The molecule has 0 spiro atoms. The molecule has 0 aliphatic rings. The zero-order valence-corrected chi connectivity index (χ0v) is 24.4. The van der Waals surface area contributed by atoms with E-state index in [9.17, 15) is 24.3 Å². The first kappa shape index (κ1) is 34.1. The Morgan fingerprint density at radius 1 is 0.846 bits per heavy atom. The molecule has 0 amide bonds. The van der Waals surface area contributed by atoms with Crippen molar-refractivity contribution in [1.29, 1.82) is 0 Å². The fourth-order valence-corrected chi connectivity index (χ4v) is 3.64. The zero-order valence-electron chi connectivity index (χ0n) is 24.4. The van der Waals surface area contributed by atoms with Crippen molar-refractivity contribution in [2.75, 3.05) is 6.54 Å². The van der Waals surface area contributed by atoms with Gasteiger partial charge in [0, 0.05) is 19.4 Å². The molecule has 0 heterocycles. The molecular formula is C30H47NO8. The SMILES string of the molecule is CCCCCC(=O)Oc1ccc(C[C@H](NCC(C)OC(=O)C(C)C(C)C)C(=O)O)cc1OC(=O)CCCCC. The van der Waals surface area contributed by atoms with Crippen LogP contribution in [0.2, 0.25) is 0 Å². The molecule has 9 heteroatoms. The van der Waals surface area contributed by atoms with Crippen molar-refractivity contribution in [2.45, 2.75) is 111 Å². The van der Waals surface area contributed by atoms with E-state index in [0.717, 1.165) is 25.7 Å². The molecule has 0 saturated carbocycles. The van der Waals surface area contributed by atoms with E-state index in [1.807, 2.05) is 27.7 Å². The first-order chi connectivity index (χ1) is 18.5. The molecule has 2 unspecified atom stereocenters. The lowest BCUT2D eigenvalue weighted by atomic mass is 9.98. The predicted molar refractivity (Wildman–Crippen MR) is 149 cm³/mol. The van der Waals surface area contributed by atoms with E-state index in [2.05, 4.69) is 5.32 Å². The molecule has 0 aliphatic carbocycles. The first-order valence-corrected chi connectivity index (χ1v) is 14.2. The van der Waals surface area contributed by atoms with E-state index in [1.54, 1.807) is 19.9 Å². The average molecular weight is 550 g/mol. The third-order valence-corrected chi connectivity index (χ3v) is 6.50. The number of hydrogen-bond acceptors (Lipinski definition) is 8. The highest BCUT2D eigenvalue weighted by Crippen LogP contribution is 2.30. The maximum atomic E-state index is 12.4. The number of carboxylic acid groups (broad SMARTS) is 1. The van der Waals surface area contributed by atoms with Gasteiger partial charge < -0.3 is 24.6 Å². The third-order valence-electron chi connectivity index (χ3n) is 6.50. The van der Waals surface area contributed by atoms with Crippen LogP contribution in [0.25, 0.3) is 0 Å². The summed E-state index contributed by atoms with van der Waals surface area (Å²) in [5, 5.41) is 12.7. The third kappa shape index (κ3) is 13.6. The first-order valence-electron chi connectivity index (χ1n) is 14.2. The van der Waals surface area contributed by atoms with Gasteiger partial charge in [-0.25, -0.2) is 0 Å². The fraction of sp³-hybridized carbons (Fsp3) is 0.667. The van der Waals surface area contributed by atoms with E-state index in [1.165, 1.54) is 12.1 Å². The van der Waals surface area contributed by atoms with Crippen molar-refractivity contribution in [3.8, 4) is 11.5 Å². The van der Waals surface area contributed by atoms with Gasteiger partial charge in [-0.3, -0.25) is 19.2 Å². The Hall–Kier alpha value is -2.94. The van der Waals surface area contributed by atoms with Gasteiger partial charge in [0.05, 0.1) is 5.92 Å². The smallest absolute Gasteiger partial charge is 0.321 e. The van der Waals surface area contributed by atoms with E-state index in [0.29, 0.717) is 18.4 Å². The van der Waals surface area contributed by atoms with Crippen LogP contribution in [-0.4, -0.2) is 47.7 Å². The number of benzene rings is 1. The summed E-state index contributed by atoms with van der Waals surface area (Å²) in [7, 11) is 0. The zero-order chi connectivity index (χ0) is 29.4. The lowest BCUT2D eigenvalue weighted by Gasteiger charge is -2.21. The summed E-state index contributed by atoms with van der Waals surface area (Å²) in [6.07, 6.45) is 5.16. The molecular weight excluding hydrogens is 502 g/mol. The van der Waals surface area contributed by atoms with E-state index < -0.39 is 30.1 Å². The predicted octanol–water partition coefficient (Wildman–Crippen LogP) is 5.47. The van der Waals surface area contributed by atoms with Crippen molar-refractivity contribution < 1.29 is 38.5 Å². The van der Waals surface area contributed by atoms with Gasteiger partial charge in [0.2, 0.25) is 0 Å². The molecule has 1 aromatic carbocycles. The molecule has 0 saturated heterocycles. The number of ether oxygens (including phenoxy) is 3. The second-order valence-electron chi connectivity index (χ2n) is 10.4. The van der Waals surface area contributed by atoms with Crippen LogP contribution in [0.15, 0.2) is 18.2 Å². The molecule has 2 N–H and O–H groups in total. The van der Waals surface area contributed by atoms with Crippen molar-refractivity contribution in [3.05, 3.63) is 23.8 Å². The number of esters is 3. The summed E-state index contributed by atoms with van der Waals surface area (Å²) in [6, 6.07) is 3.73. The summed E-state index contributed by atoms with van der Waals surface area (Å²) >= 11 is 0. The number of carboxylic acids is 1. The van der Waals surface area contributed by atoms with Crippen molar-refractivity contribution in [1.82, 2.24) is 5.32 Å². The topological polar surface area (TPSA) is 128 Å². The Labute approximate surface area is 233 Å².